The monoisotopic (exact) mass is 195 g/mol. The molecule has 1 unspecified atom stereocenters. The average Bonchev–Trinajstić information content (AvgIpc) is 2.43. The van der Waals surface area contributed by atoms with Gasteiger partial charge in [0.1, 0.15) is 5.78 Å². The molecule has 1 aliphatic heterocycles. The van der Waals surface area contributed by atoms with Gasteiger partial charge in [0.25, 0.3) is 0 Å². The topological polar surface area (TPSA) is 31.2 Å². The van der Waals surface area contributed by atoms with Crippen LogP contribution in [0.2, 0.25) is 0 Å². The van der Waals surface area contributed by atoms with Gasteiger partial charge in [-0.1, -0.05) is 26.7 Å². The maximum atomic E-state index is 10.5. The molecule has 2 nitrogen and oxygen atoms in total. The van der Waals surface area contributed by atoms with Crippen LogP contribution in [-0.4, -0.2) is 18.4 Å². The van der Waals surface area contributed by atoms with Crippen LogP contribution in [0.1, 0.15) is 40.0 Å². The van der Waals surface area contributed by atoms with Crippen LogP contribution in [-0.2, 0) is 4.79 Å². The number of rotatable bonds is 2. The molecule has 0 N–H and O–H groups in total. The molecular weight excluding hydrogens is 177 g/mol. The molecule has 1 atom stereocenters. The first-order valence-corrected chi connectivity index (χ1v) is 4.45. The van der Waals surface area contributed by atoms with Gasteiger partial charge in [0.2, 0.25) is 0 Å². The zero-order valence-corrected chi connectivity index (χ0v) is 11.9. The zero-order valence-electron chi connectivity index (χ0n) is 8.76. The normalized spacial score (nSPS) is 20.4. The smallest absolute Gasteiger partial charge is 0.659 e. The molecule has 0 aromatic rings. The van der Waals surface area contributed by atoms with Crippen molar-refractivity contribution in [3.05, 3.63) is 5.32 Å². The molecule has 1 heterocycles. The summed E-state index contributed by atoms with van der Waals surface area (Å²) in [5.74, 6) is 0.269. The van der Waals surface area contributed by atoms with E-state index in [0.29, 0.717) is 12.5 Å². The Morgan fingerprint density at radius 3 is 2.42 bits per heavy atom. The van der Waals surface area contributed by atoms with Gasteiger partial charge < -0.3 is 10.1 Å². The molecule has 12 heavy (non-hydrogen) atoms. The van der Waals surface area contributed by atoms with E-state index in [1.165, 1.54) is 6.42 Å². The number of carbonyl (C=O) groups is 1. The molecule has 0 aromatic carbocycles. The molecule has 1 fully saturated rings. The molecule has 1 aliphatic rings. The van der Waals surface area contributed by atoms with Crippen molar-refractivity contribution < 1.29 is 56.2 Å². The number of nitrogens with zero attached hydrogens (tertiary/aromatic N) is 1. The summed E-state index contributed by atoms with van der Waals surface area (Å²) in [7, 11) is 0. The van der Waals surface area contributed by atoms with Crippen molar-refractivity contribution in [2.45, 2.75) is 46.1 Å². The van der Waals surface area contributed by atoms with Gasteiger partial charge in [0, 0.05) is 0 Å². The van der Waals surface area contributed by atoms with Gasteiger partial charge >= 0.3 is 51.4 Å². The van der Waals surface area contributed by atoms with E-state index in [4.69, 9.17) is 0 Å². The summed E-state index contributed by atoms with van der Waals surface area (Å²) in [6.45, 7) is 6.60. The number of hydrogen-bond donors (Lipinski definition) is 0. The van der Waals surface area contributed by atoms with Crippen molar-refractivity contribution in [3.8, 4) is 0 Å². The Hall–Kier alpha value is 1.27. The Labute approximate surface area is 118 Å². The first-order valence-electron chi connectivity index (χ1n) is 4.45. The maximum Gasteiger partial charge on any atom is 1.00 e. The van der Waals surface area contributed by atoms with Crippen molar-refractivity contribution in [1.82, 2.24) is 0 Å². The fourth-order valence-electron chi connectivity index (χ4n) is 1.19. The van der Waals surface area contributed by atoms with Crippen molar-refractivity contribution >= 4 is 5.78 Å². The maximum absolute atomic E-state index is 10.5. The minimum Gasteiger partial charge on any atom is -0.659 e. The first kappa shape index (κ1) is 15.7. The van der Waals surface area contributed by atoms with Crippen molar-refractivity contribution in [3.63, 3.8) is 0 Å². The van der Waals surface area contributed by atoms with E-state index >= 15 is 0 Å². The molecule has 0 radical (unpaired) electrons. The second kappa shape index (κ2) is 10.3. The van der Waals surface area contributed by atoms with Gasteiger partial charge in [-0.15, -0.1) is 12.6 Å². The van der Waals surface area contributed by atoms with Crippen molar-refractivity contribution in [2.24, 2.45) is 0 Å². The third kappa shape index (κ3) is 7.89. The second-order valence-electron chi connectivity index (χ2n) is 2.61. The van der Waals surface area contributed by atoms with Crippen molar-refractivity contribution in [2.75, 3.05) is 6.54 Å². The predicted molar refractivity (Wildman–Crippen MR) is 47.9 cm³/mol. The van der Waals surface area contributed by atoms with Gasteiger partial charge in [0.15, 0.2) is 0 Å². The third-order valence-corrected chi connectivity index (χ3v) is 1.61. The van der Waals surface area contributed by atoms with Crippen LogP contribution < -0.4 is 51.4 Å². The quantitative estimate of drug-likeness (QED) is 0.548. The van der Waals surface area contributed by atoms with Crippen molar-refractivity contribution in [1.29, 1.82) is 0 Å². The summed E-state index contributed by atoms with van der Waals surface area (Å²) in [5.41, 5.74) is 0. The standard InChI is InChI=1S/C7H12NO.C2H6.K/c1-6(9)5-7-3-2-4-8-7;1-2;/h7H,2-5H2,1H3;1-2H3;/q-1;;+1. The van der Waals surface area contributed by atoms with E-state index in [0.717, 1.165) is 13.0 Å². The second-order valence-corrected chi connectivity index (χ2v) is 2.61. The minimum absolute atomic E-state index is 0. The zero-order chi connectivity index (χ0) is 8.69. The molecule has 1 rings (SSSR count). The minimum atomic E-state index is 0. The summed E-state index contributed by atoms with van der Waals surface area (Å²) < 4.78 is 0. The molecule has 0 spiro atoms. The van der Waals surface area contributed by atoms with Gasteiger partial charge in [-0.25, -0.2) is 0 Å². The SMILES string of the molecule is CC.CC(=O)CC1CCC[N-]1.[K+]. The number of hydrogen-bond acceptors (Lipinski definition) is 1. The fourth-order valence-corrected chi connectivity index (χ4v) is 1.19. The number of carbonyl (C=O) groups excluding carboxylic acids is 1. The van der Waals surface area contributed by atoms with E-state index in [1.807, 2.05) is 13.8 Å². The van der Waals surface area contributed by atoms with E-state index in [-0.39, 0.29) is 57.2 Å². The van der Waals surface area contributed by atoms with Gasteiger partial charge in [-0.05, 0) is 13.3 Å². The fraction of sp³-hybridized carbons (Fsp3) is 0.889. The van der Waals surface area contributed by atoms with Crippen LogP contribution in [0, 0.1) is 0 Å². The average molecular weight is 195 g/mol. The predicted octanol–water partition coefficient (Wildman–Crippen LogP) is -0.468. The van der Waals surface area contributed by atoms with Crippen LogP contribution in [0.3, 0.4) is 0 Å². The Morgan fingerprint density at radius 1 is 1.50 bits per heavy atom. The van der Waals surface area contributed by atoms with E-state index in [1.54, 1.807) is 6.92 Å². The number of ketones is 1. The number of Topliss-reactive ketones (excluding diaryl/α,β-unsaturated/α-hetero) is 1. The summed E-state index contributed by atoms with van der Waals surface area (Å²) in [5, 5.41) is 4.26. The summed E-state index contributed by atoms with van der Waals surface area (Å²) in [6, 6.07) is 0.363. The van der Waals surface area contributed by atoms with Crippen LogP contribution in [0.5, 0.6) is 0 Å². The third-order valence-electron chi connectivity index (χ3n) is 1.61. The Bertz CT molecular complexity index is 111. The van der Waals surface area contributed by atoms with Gasteiger partial charge in [-0.3, -0.25) is 0 Å². The Morgan fingerprint density at radius 2 is 2.08 bits per heavy atom. The molecule has 1 saturated heterocycles. The first-order chi connectivity index (χ1) is 5.29. The van der Waals surface area contributed by atoms with Gasteiger partial charge in [0.05, 0.1) is 0 Å². The van der Waals surface area contributed by atoms with Crippen LogP contribution in [0.4, 0.5) is 0 Å². The molecule has 0 aliphatic carbocycles. The molecule has 0 bridgehead atoms. The van der Waals surface area contributed by atoms with Crippen LogP contribution in [0.25, 0.3) is 5.32 Å². The van der Waals surface area contributed by atoms with Crippen LogP contribution >= 0.6 is 0 Å². The molecular formula is C9H18KNO. The molecule has 0 saturated carbocycles. The summed E-state index contributed by atoms with van der Waals surface area (Å²) in [6.07, 6.45) is 2.97. The van der Waals surface area contributed by atoms with Gasteiger partial charge in [-0.2, -0.15) is 0 Å². The molecule has 0 aromatic heterocycles. The summed E-state index contributed by atoms with van der Waals surface area (Å²) in [4.78, 5) is 10.5. The molecule has 66 valence electrons. The molecule has 0 amide bonds. The van der Waals surface area contributed by atoms with E-state index < -0.39 is 0 Å². The van der Waals surface area contributed by atoms with Crippen LogP contribution in [0.15, 0.2) is 0 Å². The van der Waals surface area contributed by atoms with E-state index in [2.05, 4.69) is 5.32 Å². The Balaban J connectivity index is 0. The summed E-state index contributed by atoms with van der Waals surface area (Å²) >= 11 is 0. The largest absolute Gasteiger partial charge is 1.00 e. The van der Waals surface area contributed by atoms with E-state index in [9.17, 15) is 4.79 Å². The Kier molecular flexibility index (Phi) is 13.6. The molecule has 3 heteroatoms.